The summed E-state index contributed by atoms with van der Waals surface area (Å²) in [5.74, 6) is 0.572. The summed E-state index contributed by atoms with van der Waals surface area (Å²) in [4.78, 5) is 6.01. The van der Waals surface area contributed by atoms with Crippen LogP contribution in [0, 0.1) is 5.82 Å². The third-order valence-electron chi connectivity index (χ3n) is 4.97. The van der Waals surface area contributed by atoms with E-state index in [1.807, 2.05) is 62.6 Å². The first-order chi connectivity index (χ1) is 15.5. The maximum atomic E-state index is 13.0. The fourth-order valence-corrected chi connectivity index (χ4v) is 3.38. The quantitative estimate of drug-likeness (QED) is 0.329. The van der Waals surface area contributed by atoms with Gasteiger partial charge < -0.3 is 15.0 Å². The minimum atomic E-state index is -0.397. The molecule has 0 atom stereocenters. The van der Waals surface area contributed by atoms with Gasteiger partial charge in [-0.05, 0) is 78.2 Å². The summed E-state index contributed by atoms with van der Waals surface area (Å²) < 4.78 is 18.7. The SMILES string of the molecule is CN(C)c1ccc(Nc2ccc(Oc3ccc(F)cn3)cc2)c(Cc2ccc(Cl)cc2)c1. The molecule has 0 fully saturated rings. The van der Waals surface area contributed by atoms with Crippen LogP contribution < -0.4 is 15.0 Å². The Morgan fingerprint density at radius 3 is 2.34 bits per heavy atom. The largest absolute Gasteiger partial charge is 0.439 e. The fourth-order valence-electron chi connectivity index (χ4n) is 3.25. The van der Waals surface area contributed by atoms with Gasteiger partial charge in [-0.25, -0.2) is 9.37 Å². The number of hydrogen-bond acceptors (Lipinski definition) is 4. The van der Waals surface area contributed by atoms with Crippen molar-refractivity contribution in [3.63, 3.8) is 0 Å². The van der Waals surface area contributed by atoms with Crippen molar-refractivity contribution in [1.29, 1.82) is 0 Å². The van der Waals surface area contributed by atoms with Crippen LogP contribution in [-0.2, 0) is 6.42 Å². The third-order valence-corrected chi connectivity index (χ3v) is 5.22. The van der Waals surface area contributed by atoms with Crippen LogP contribution >= 0.6 is 11.6 Å². The first kappa shape index (κ1) is 21.7. The summed E-state index contributed by atoms with van der Waals surface area (Å²) in [7, 11) is 4.06. The molecule has 4 nitrogen and oxygen atoms in total. The molecule has 0 unspecified atom stereocenters. The molecule has 1 heterocycles. The van der Waals surface area contributed by atoms with E-state index in [1.165, 1.54) is 23.3 Å². The lowest BCUT2D eigenvalue weighted by Crippen LogP contribution is -2.09. The Hall–Kier alpha value is -3.57. The molecule has 4 aromatic rings. The number of aromatic nitrogens is 1. The van der Waals surface area contributed by atoms with Crippen LogP contribution in [0.25, 0.3) is 0 Å². The highest BCUT2D eigenvalue weighted by Gasteiger charge is 2.08. The predicted molar refractivity (Wildman–Crippen MR) is 129 cm³/mol. The zero-order valence-electron chi connectivity index (χ0n) is 17.8. The highest BCUT2D eigenvalue weighted by molar-refractivity contribution is 6.30. The average Bonchev–Trinajstić information content (AvgIpc) is 2.79. The van der Waals surface area contributed by atoms with Crippen molar-refractivity contribution in [2.45, 2.75) is 6.42 Å². The Kier molecular flexibility index (Phi) is 6.57. The second kappa shape index (κ2) is 9.71. The highest BCUT2D eigenvalue weighted by atomic mass is 35.5. The molecule has 0 spiro atoms. The van der Waals surface area contributed by atoms with Gasteiger partial charge in [-0.3, -0.25) is 0 Å². The van der Waals surface area contributed by atoms with E-state index in [4.69, 9.17) is 16.3 Å². The molecule has 6 heteroatoms. The van der Waals surface area contributed by atoms with Crippen molar-refractivity contribution in [1.82, 2.24) is 4.98 Å². The van der Waals surface area contributed by atoms with E-state index in [0.29, 0.717) is 11.6 Å². The molecule has 32 heavy (non-hydrogen) atoms. The Balaban J connectivity index is 1.53. The zero-order valence-corrected chi connectivity index (χ0v) is 18.6. The standard InChI is InChI=1S/C26H23ClFN3O/c1-31(2)23-10-13-25(19(16-23)15-18-3-5-20(27)6-4-18)30-22-8-11-24(12-9-22)32-26-14-7-21(28)17-29-26/h3-14,16-17,30H,15H2,1-2H3. The Labute approximate surface area is 192 Å². The number of anilines is 3. The van der Waals surface area contributed by atoms with Gasteiger partial charge in [0.25, 0.3) is 0 Å². The van der Waals surface area contributed by atoms with E-state index in [-0.39, 0.29) is 0 Å². The van der Waals surface area contributed by atoms with E-state index in [0.717, 1.165) is 34.7 Å². The summed E-state index contributed by atoms with van der Waals surface area (Å²) >= 11 is 6.04. The number of pyridine rings is 1. The van der Waals surface area contributed by atoms with Crippen LogP contribution in [0.5, 0.6) is 11.6 Å². The highest BCUT2D eigenvalue weighted by Crippen LogP contribution is 2.29. The molecule has 4 rings (SSSR count). The Morgan fingerprint density at radius 2 is 1.69 bits per heavy atom. The van der Waals surface area contributed by atoms with E-state index in [1.54, 1.807) is 0 Å². The van der Waals surface area contributed by atoms with Crippen LogP contribution in [0.1, 0.15) is 11.1 Å². The second-order valence-electron chi connectivity index (χ2n) is 7.61. The monoisotopic (exact) mass is 447 g/mol. The van der Waals surface area contributed by atoms with Crippen molar-refractivity contribution >= 4 is 28.7 Å². The first-order valence-electron chi connectivity index (χ1n) is 10.2. The topological polar surface area (TPSA) is 37.4 Å². The van der Waals surface area contributed by atoms with Crippen molar-refractivity contribution < 1.29 is 9.13 Å². The van der Waals surface area contributed by atoms with Crippen molar-refractivity contribution in [3.8, 4) is 11.6 Å². The van der Waals surface area contributed by atoms with Crippen LogP contribution in [0.3, 0.4) is 0 Å². The number of nitrogens with one attached hydrogen (secondary N) is 1. The molecule has 0 bridgehead atoms. The summed E-state index contributed by atoms with van der Waals surface area (Å²) in [6.07, 6.45) is 1.91. The fraction of sp³-hybridized carbons (Fsp3) is 0.115. The van der Waals surface area contributed by atoms with Gasteiger partial charge in [-0.15, -0.1) is 0 Å². The third kappa shape index (κ3) is 5.56. The molecule has 3 aromatic carbocycles. The lowest BCUT2D eigenvalue weighted by Gasteiger charge is -2.18. The van der Waals surface area contributed by atoms with Gasteiger partial charge in [0.05, 0.1) is 6.20 Å². The van der Waals surface area contributed by atoms with E-state index < -0.39 is 5.82 Å². The number of rotatable bonds is 7. The van der Waals surface area contributed by atoms with Gasteiger partial charge in [0, 0.05) is 42.2 Å². The normalized spacial score (nSPS) is 10.6. The molecule has 0 aliphatic rings. The van der Waals surface area contributed by atoms with E-state index >= 15 is 0 Å². The van der Waals surface area contributed by atoms with Crippen LogP contribution in [0.15, 0.2) is 85.1 Å². The molecular formula is C26H23ClFN3O. The second-order valence-corrected chi connectivity index (χ2v) is 8.04. The van der Waals surface area contributed by atoms with Crippen LogP contribution in [0.2, 0.25) is 5.02 Å². The molecule has 162 valence electrons. The smallest absolute Gasteiger partial charge is 0.219 e. The number of halogens is 2. The summed E-state index contributed by atoms with van der Waals surface area (Å²) in [5.41, 5.74) is 5.45. The molecule has 1 N–H and O–H groups in total. The van der Waals surface area contributed by atoms with Crippen LogP contribution in [0.4, 0.5) is 21.5 Å². The van der Waals surface area contributed by atoms with E-state index in [9.17, 15) is 4.39 Å². The van der Waals surface area contributed by atoms with E-state index in [2.05, 4.69) is 33.4 Å². The number of nitrogens with zero attached hydrogens (tertiary/aromatic N) is 2. The zero-order chi connectivity index (χ0) is 22.5. The first-order valence-corrected chi connectivity index (χ1v) is 10.6. The number of ether oxygens (including phenoxy) is 1. The van der Waals surface area contributed by atoms with Gasteiger partial charge in [0.1, 0.15) is 11.6 Å². The number of benzene rings is 3. The molecule has 0 saturated heterocycles. The summed E-state index contributed by atoms with van der Waals surface area (Å²) in [6.45, 7) is 0. The number of hydrogen-bond donors (Lipinski definition) is 1. The molecule has 1 aromatic heterocycles. The van der Waals surface area contributed by atoms with Crippen molar-refractivity contribution in [2.75, 3.05) is 24.3 Å². The minimum Gasteiger partial charge on any atom is -0.439 e. The Morgan fingerprint density at radius 1 is 0.938 bits per heavy atom. The minimum absolute atomic E-state index is 0.344. The van der Waals surface area contributed by atoms with Crippen molar-refractivity contribution in [3.05, 3.63) is 107 Å². The van der Waals surface area contributed by atoms with Gasteiger partial charge in [0.2, 0.25) is 5.88 Å². The summed E-state index contributed by atoms with van der Waals surface area (Å²) in [6, 6.07) is 24.7. The lowest BCUT2D eigenvalue weighted by atomic mass is 10.0. The molecule has 0 aliphatic heterocycles. The molecule has 0 amide bonds. The van der Waals surface area contributed by atoms with Gasteiger partial charge >= 0.3 is 0 Å². The molecule has 0 saturated carbocycles. The van der Waals surface area contributed by atoms with Gasteiger partial charge in [0.15, 0.2) is 0 Å². The van der Waals surface area contributed by atoms with Gasteiger partial charge in [-0.2, -0.15) is 0 Å². The Bertz CT molecular complexity index is 1180. The molecular weight excluding hydrogens is 425 g/mol. The maximum absolute atomic E-state index is 13.0. The lowest BCUT2D eigenvalue weighted by molar-refractivity contribution is 0.459. The predicted octanol–water partition coefficient (Wildman–Crippen LogP) is 7.07. The van der Waals surface area contributed by atoms with Crippen LogP contribution in [-0.4, -0.2) is 19.1 Å². The summed E-state index contributed by atoms with van der Waals surface area (Å²) in [5, 5.41) is 4.23. The van der Waals surface area contributed by atoms with Gasteiger partial charge in [-0.1, -0.05) is 23.7 Å². The molecule has 0 aliphatic carbocycles. The van der Waals surface area contributed by atoms with Crippen molar-refractivity contribution in [2.24, 2.45) is 0 Å². The average molecular weight is 448 g/mol. The maximum Gasteiger partial charge on any atom is 0.219 e. The molecule has 0 radical (unpaired) electrons.